The normalized spacial score (nSPS) is 10.1. The van der Waals surface area contributed by atoms with Crippen LogP contribution < -0.4 is 10.1 Å². The minimum Gasteiger partial charge on any atom is -0.490 e. The Hall–Kier alpha value is -2.32. The number of anilines is 1. The van der Waals surface area contributed by atoms with Crippen molar-refractivity contribution in [1.29, 1.82) is 5.26 Å². The van der Waals surface area contributed by atoms with Gasteiger partial charge in [0.25, 0.3) is 5.91 Å². The van der Waals surface area contributed by atoms with Gasteiger partial charge in [0.15, 0.2) is 0 Å². The smallest absolute Gasteiger partial charge is 0.255 e. The first kappa shape index (κ1) is 16.1. The summed E-state index contributed by atoms with van der Waals surface area (Å²) in [7, 11) is 0. The Kier molecular flexibility index (Phi) is 5.18. The molecule has 0 saturated carbocycles. The molecule has 0 spiro atoms. The predicted octanol–water partition coefficient (Wildman–Crippen LogP) is 4.36. The molecule has 1 N–H and O–H groups in total. The number of hydrogen-bond acceptors (Lipinski definition) is 3. The molecule has 0 aromatic heterocycles. The molecule has 0 radical (unpaired) electrons. The van der Waals surface area contributed by atoms with E-state index in [9.17, 15) is 4.79 Å². The van der Waals surface area contributed by atoms with Crippen LogP contribution in [-0.4, -0.2) is 12.0 Å². The van der Waals surface area contributed by atoms with Crippen molar-refractivity contribution in [2.45, 2.75) is 20.0 Å². The molecule has 0 unspecified atom stereocenters. The largest absolute Gasteiger partial charge is 0.490 e. The number of nitrogens with one attached hydrogen (secondary N) is 1. The molecule has 4 nitrogen and oxygen atoms in total. The van der Waals surface area contributed by atoms with Crippen molar-refractivity contribution in [3.05, 3.63) is 58.1 Å². The fourth-order valence-electron chi connectivity index (χ4n) is 1.86. The molecule has 112 valence electrons. The van der Waals surface area contributed by atoms with Gasteiger partial charge in [-0.05, 0) is 66.2 Å². The number of amides is 1. The van der Waals surface area contributed by atoms with E-state index in [1.54, 1.807) is 42.5 Å². The Labute approximate surface area is 137 Å². The van der Waals surface area contributed by atoms with Crippen LogP contribution in [0.2, 0.25) is 0 Å². The number of carbonyl (C=O) groups is 1. The Morgan fingerprint density at radius 2 is 2.05 bits per heavy atom. The zero-order chi connectivity index (χ0) is 16.1. The third kappa shape index (κ3) is 4.09. The van der Waals surface area contributed by atoms with Crippen molar-refractivity contribution in [2.24, 2.45) is 0 Å². The summed E-state index contributed by atoms with van der Waals surface area (Å²) in [6.07, 6.45) is 0.0599. The second-order valence-corrected chi connectivity index (χ2v) is 5.81. The number of nitriles is 1. The molecular formula is C17H15BrN2O2. The number of carbonyl (C=O) groups excluding carboxylic acids is 1. The summed E-state index contributed by atoms with van der Waals surface area (Å²) < 4.78 is 6.34. The van der Waals surface area contributed by atoms with E-state index in [1.807, 2.05) is 19.9 Å². The van der Waals surface area contributed by atoms with Crippen molar-refractivity contribution < 1.29 is 9.53 Å². The third-order valence-electron chi connectivity index (χ3n) is 2.81. The topological polar surface area (TPSA) is 62.1 Å². The maximum Gasteiger partial charge on any atom is 0.255 e. The monoisotopic (exact) mass is 358 g/mol. The van der Waals surface area contributed by atoms with Crippen molar-refractivity contribution >= 4 is 27.5 Å². The molecule has 22 heavy (non-hydrogen) atoms. The molecule has 0 heterocycles. The quantitative estimate of drug-likeness (QED) is 0.882. The number of hydrogen-bond donors (Lipinski definition) is 1. The van der Waals surface area contributed by atoms with Crippen LogP contribution in [0.4, 0.5) is 5.69 Å². The lowest BCUT2D eigenvalue weighted by molar-refractivity contribution is 0.102. The Morgan fingerprint density at radius 3 is 2.68 bits per heavy atom. The molecule has 0 aliphatic rings. The number of ether oxygens (including phenoxy) is 1. The van der Waals surface area contributed by atoms with Crippen molar-refractivity contribution in [2.75, 3.05) is 5.32 Å². The lowest BCUT2D eigenvalue weighted by Gasteiger charge is -2.12. The highest BCUT2D eigenvalue weighted by molar-refractivity contribution is 9.10. The molecule has 2 aromatic carbocycles. The maximum atomic E-state index is 12.2. The summed E-state index contributed by atoms with van der Waals surface area (Å²) in [5.41, 5.74) is 1.59. The molecule has 2 rings (SSSR count). The van der Waals surface area contributed by atoms with E-state index in [0.29, 0.717) is 22.6 Å². The highest BCUT2D eigenvalue weighted by Crippen LogP contribution is 2.27. The van der Waals surface area contributed by atoms with Gasteiger partial charge >= 0.3 is 0 Å². The van der Waals surface area contributed by atoms with Gasteiger partial charge in [-0.1, -0.05) is 6.07 Å². The van der Waals surface area contributed by atoms with Gasteiger partial charge in [0, 0.05) is 11.3 Å². The molecule has 5 heteroatoms. The van der Waals surface area contributed by atoms with Crippen LogP contribution in [0, 0.1) is 11.3 Å². The average Bonchev–Trinajstić information content (AvgIpc) is 2.49. The van der Waals surface area contributed by atoms with E-state index in [0.717, 1.165) is 4.47 Å². The number of benzene rings is 2. The van der Waals surface area contributed by atoms with E-state index < -0.39 is 0 Å². The van der Waals surface area contributed by atoms with Crippen molar-refractivity contribution in [3.63, 3.8) is 0 Å². The minimum absolute atomic E-state index is 0.0599. The van der Waals surface area contributed by atoms with Crippen LogP contribution in [0.3, 0.4) is 0 Å². The molecule has 0 aliphatic heterocycles. The molecule has 0 aliphatic carbocycles. The fourth-order valence-corrected chi connectivity index (χ4v) is 2.33. The van der Waals surface area contributed by atoms with Gasteiger partial charge < -0.3 is 10.1 Å². The zero-order valence-corrected chi connectivity index (χ0v) is 13.8. The maximum absolute atomic E-state index is 12.2. The molecule has 0 bridgehead atoms. The van der Waals surface area contributed by atoms with Gasteiger partial charge in [0.05, 0.1) is 22.2 Å². The second kappa shape index (κ2) is 7.10. The Bertz CT molecular complexity index is 736. The van der Waals surface area contributed by atoms with Crippen molar-refractivity contribution in [1.82, 2.24) is 0 Å². The van der Waals surface area contributed by atoms with Crippen LogP contribution in [0.25, 0.3) is 0 Å². The van der Waals surface area contributed by atoms with Crippen molar-refractivity contribution in [3.8, 4) is 11.8 Å². The highest BCUT2D eigenvalue weighted by Gasteiger charge is 2.10. The fraction of sp³-hybridized carbons (Fsp3) is 0.176. The number of halogens is 1. The zero-order valence-electron chi connectivity index (χ0n) is 12.3. The van der Waals surface area contributed by atoms with Crippen LogP contribution in [0.1, 0.15) is 29.8 Å². The highest BCUT2D eigenvalue weighted by atomic mass is 79.9. The van der Waals surface area contributed by atoms with Gasteiger partial charge in [-0.2, -0.15) is 5.26 Å². The van der Waals surface area contributed by atoms with E-state index in [2.05, 4.69) is 21.2 Å². The van der Waals surface area contributed by atoms with Gasteiger partial charge in [-0.25, -0.2) is 0 Å². The van der Waals surface area contributed by atoms with Crippen LogP contribution in [0.5, 0.6) is 5.75 Å². The first-order valence-electron chi connectivity index (χ1n) is 6.77. The standard InChI is InChI=1S/C17H15BrN2O2/c1-11(2)22-16-7-6-13(9-15(16)18)17(21)20-14-5-3-4-12(8-14)10-19/h3-9,11H,1-2H3,(H,20,21). The third-order valence-corrected chi connectivity index (χ3v) is 3.43. The summed E-state index contributed by atoms with van der Waals surface area (Å²) in [4.78, 5) is 12.2. The van der Waals surface area contributed by atoms with Crippen LogP contribution in [-0.2, 0) is 0 Å². The minimum atomic E-state index is -0.244. The van der Waals surface area contributed by atoms with Crippen LogP contribution in [0.15, 0.2) is 46.9 Å². The van der Waals surface area contributed by atoms with Gasteiger partial charge in [0.2, 0.25) is 0 Å². The summed E-state index contributed by atoms with van der Waals surface area (Å²) in [5, 5.41) is 11.6. The van der Waals surface area contributed by atoms with Gasteiger partial charge in [-0.3, -0.25) is 4.79 Å². The number of rotatable bonds is 4. The molecule has 0 atom stereocenters. The van der Waals surface area contributed by atoms with Gasteiger partial charge in [0.1, 0.15) is 5.75 Å². The summed E-state index contributed by atoms with van der Waals surface area (Å²) in [6.45, 7) is 3.88. The molecule has 2 aromatic rings. The van der Waals surface area contributed by atoms with E-state index in [4.69, 9.17) is 10.00 Å². The number of nitrogens with zero attached hydrogens (tertiary/aromatic N) is 1. The lowest BCUT2D eigenvalue weighted by atomic mass is 10.2. The second-order valence-electron chi connectivity index (χ2n) is 4.96. The van der Waals surface area contributed by atoms with E-state index >= 15 is 0 Å². The predicted molar refractivity (Wildman–Crippen MR) is 89.0 cm³/mol. The van der Waals surface area contributed by atoms with E-state index in [1.165, 1.54) is 0 Å². The Balaban J connectivity index is 2.16. The summed E-state index contributed by atoms with van der Waals surface area (Å²) >= 11 is 3.40. The molecule has 0 fully saturated rings. The van der Waals surface area contributed by atoms with Gasteiger partial charge in [-0.15, -0.1) is 0 Å². The Morgan fingerprint density at radius 1 is 1.27 bits per heavy atom. The SMILES string of the molecule is CC(C)Oc1ccc(C(=O)Nc2cccc(C#N)c2)cc1Br. The molecule has 0 saturated heterocycles. The summed E-state index contributed by atoms with van der Waals surface area (Å²) in [6, 6.07) is 14.0. The lowest BCUT2D eigenvalue weighted by Crippen LogP contribution is -2.12. The first-order valence-corrected chi connectivity index (χ1v) is 7.56. The van der Waals surface area contributed by atoms with E-state index in [-0.39, 0.29) is 12.0 Å². The van der Waals surface area contributed by atoms with Crippen LogP contribution >= 0.6 is 15.9 Å². The average molecular weight is 359 g/mol. The molecular weight excluding hydrogens is 344 g/mol. The molecule has 1 amide bonds. The first-order chi connectivity index (χ1) is 10.5. The summed E-state index contributed by atoms with van der Waals surface area (Å²) in [5.74, 6) is 0.449.